The number of ether oxygens (including phenoxy) is 1. The van der Waals surface area contributed by atoms with Gasteiger partial charge in [-0.2, -0.15) is 0 Å². The SMILES string of the molecule is COc1ccc2c(C(C)NC(C)=O)noc2c1. The summed E-state index contributed by atoms with van der Waals surface area (Å²) in [7, 11) is 1.60. The van der Waals surface area contributed by atoms with E-state index in [1.54, 1.807) is 13.2 Å². The third-order valence-electron chi connectivity index (χ3n) is 2.54. The summed E-state index contributed by atoms with van der Waals surface area (Å²) in [5.41, 5.74) is 1.37. The predicted molar refractivity (Wildman–Crippen MR) is 62.8 cm³/mol. The van der Waals surface area contributed by atoms with Crippen LogP contribution >= 0.6 is 0 Å². The van der Waals surface area contributed by atoms with Gasteiger partial charge in [-0.25, -0.2) is 0 Å². The molecular weight excluding hydrogens is 220 g/mol. The minimum absolute atomic E-state index is 0.0952. The Labute approximate surface area is 98.7 Å². The van der Waals surface area contributed by atoms with Gasteiger partial charge in [0, 0.05) is 18.4 Å². The highest BCUT2D eigenvalue weighted by atomic mass is 16.5. The number of hydrogen-bond acceptors (Lipinski definition) is 4. The second-order valence-electron chi connectivity index (χ2n) is 3.85. The number of benzene rings is 1. The van der Waals surface area contributed by atoms with E-state index in [-0.39, 0.29) is 11.9 Å². The van der Waals surface area contributed by atoms with Crippen molar-refractivity contribution in [1.29, 1.82) is 0 Å². The number of amides is 1. The molecule has 2 rings (SSSR count). The molecule has 90 valence electrons. The lowest BCUT2D eigenvalue weighted by Gasteiger charge is -2.08. The molecule has 1 atom stereocenters. The molecule has 0 saturated heterocycles. The van der Waals surface area contributed by atoms with Crippen LogP contribution in [0, 0.1) is 0 Å². The van der Waals surface area contributed by atoms with Crippen LogP contribution < -0.4 is 10.1 Å². The van der Waals surface area contributed by atoms with Gasteiger partial charge >= 0.3 is 0 Å². The molecule has 2 aromatic rings. The van der Waals surface area contributed by atoms with Gasteiger partial charge in [0.05, 0.1) is 13.2 Å². The van der Waals surface area contributed by atoms with E-state index in [4.69, 9.17) is 9.26 Å². The van der Waals surface area contributed by atoms with Crippen molar-refractivity contribution in [2.24, 2.45) is 0 Å². The summed E-state index contributed by atoms with van der Waals surface area (Å²) in [6.07, 6.45) is 0. The van der Waals surface area contributed by atoms with Crippen LogP contribution in [-0.4, -0.2) is 18.2 Å². The van der Waals surface area contributed by atoms with Gasteiger partial charge in [0.25, 0.3) is 0 Å². The summed E-state index contributed by atoms with van der Waals surface area (Å²) in [5, 5.41) is 7.63. The van der Waals surface area contributed by atoms with Crippen molar-refractivity contribution in [3.05, 3.63) is 23.9 Å². The zero-order valence-electron chi connectivity index (χ0n) is 9.98. The molecule has 0 aliphatic carbocycles. The van der Waals surface area contributed by atoms with E-state index in [2.05, 4.69) is 10.5 Å². The van der Waals surface area contributed by atoms with E-state index < -0.39 is 0 Å². The zero-order valence-corrected chi connectivity index (χ0v) is 9.98. The van der Waals surface area contributed by atoms with Crippen molar-refractivity contribution < 1.29 is 14.1 Å². The van der Waals surface area contributed by atoms with Crippen molar-refractivity contribution >= 4 is 16.9 Å². The number of nitrogens with zero attached hydrogens (tertiary/aromatic N) is 1. The summed E-state index contributed by atoms with van der Waals surface area (Å²) in [6.45, 7) is 3.34. The average Bonchev–Trinajstić information content (AvgIpc) is 2.70. The minimum Gasteiger partial charge on any atom is -0.497 e. The predicted octanol–water partition coefficient (Wildman–Crippen LogP) is 2.03. The van der Waals surface area contributed by atoms with Crippen molar-refractivity contribution in [3.8, 4) is 5.75 Å². The number of hydrogen-bond donors (Lipinski definition) is 1. The maximum absolute atomic E-state index is 11.0. The number of aromatic nitrogens is 1. The Morgan fingerprint density at radius 1 is 1.53 bits per heavy atom. The van der Waals surface area contributed by atoms with E-state index in [9.17, 15) is 4.79 Å². The monoisotopic (exact) mass is 234 g/mol. The molecule has 1 unspecified atom stereocenters. The van der Waals surface area contributed by atoms with Crippen LogP contribution in [0.3, 0.4) is 0 Å². The second kappa shape index (κ2) is 4.45. The van der Waals surface area contributed by atoms with Gasteiger partial charge in [0.15, 0.2) is 5.58 Å². The number of fused-ring (bicyclic) bond motifs is 1. The highest BCUT2D eigenvalue weighted by Gasteiger charge is 2.16. The number of rotatable bonds is 3. The molecule has 0 saturated carbocycles. The minimum atomic E-state index is -0.179. The molecule has 1 heterocycles. The summed E-state index contributed by atoms with van der Waals surface area (Å²) >= 11 is 0. The quantitative estimate of drug-likeness (QED) is 0.882. The van der Waals surface area contributed by atoms with Crippen molar-refractivity contribution in [1.82, 2.24) is 10.5 Å². The zero-order chi connectivity index (χ0) is 12.4. The Balaban J connectivity index is 2.39. The van der Waals surface area contributed by atoms with E-state index in [1.807, 2.05) is 19.1 Å². The summed E-state index contributed by atoms with van der Waals surface area (Å²) in [4.78, 5) is 11.0. The molecule has 0 spiro atoms. The summed E-state index contributed by atoms with van der Waals surface area (Å²) in [5.74, 6) is 0.620. The number of nitrogens with one attached hydrogen (secondary N) is 1. The molecule has 0 fully saturated rings. The van der Waals surface area contributed by atoms with Crippen LogP contribution in [0.2, 0.25) is 0 Å². The number of carbonyl (C=O) groups is 1. The smallest absolute Gasteiger partial charge is 0.217 e. The Bertz CT molecular complexity index is 548. The maximum Gasteiger partial charge on any atom is 0.217 e. The summed E-state index contributed by atoms with van der Waals surface area (Å²) < 4.78 is 10.3. The third-order valence-corrected chi connectivity index (χ3v) is 2.54. The average molecular weight is 234 g/mol. The lowest BCUT2D eigenvalue weighted by molar-refractivity contribution is -0.119. The molecule has 1 N–H and O–H groups in total. The normalized spacial score (nSPS) is 12.4. The van der Waals surface area contributed by atoms with Crippen LogP contribution in [0.1, 0.15) is 25.6 Å². The van der Waals surface area contributed by atoms with Crippen LogP contribution in [0.15, 0.2) is 22.7 Å². The first-order valence-electron chi connectivity index (χ1n) is 5.32. The highest BCUT2D eigenvalue weighted by Crippen LogP contribution is 2.26. The first-order chi connectivity index (χ1) is 8.11. The highest BCUT2D eigenvalue weighted by molar-refractivity contribution is 5.82. The lowest BCUT2D eigenvalue weighted by atomic mass is 10.1. The molecule has 1 aromatic heterocycles. The van der Waals surface area contributed by atoms with Gasteiger partial charge in [0.2, 0.25) is 5.91 Å². The molecular formula is C12H14N2O3. The van der Waals surface area contributed by atoms with Crippen LogP contribution in [0.25, 0.3) is 11.0 Å². The Kier molecular flexibility index (Phi) is 2.99. The topological polar surface area (TPSA) is 64.4 Å². The molecule has 17 heavy (non-hydrogen) atoms. The van der Waals surface area contributed by atoms with Gasteiger partial charge in [-0.1, -0.05) is 5.16 Å². The van der Waals surface area contributed by atoms with Crippen LogP contribution in [0.5, 0.6) is 5.75 Å². The molecule has 0 aliphatic heterocycles. The first kappa shape index (κ1) is 11.4. The van der Waals surface area contributed by atoms with Gasteiger partial charge in [-0.3, -0.25) is 4.79 Å². The molecule has 5 heteroatoms. The third kappa shape index (κ3) is 2.22. The number of carbonyl (C=O) groups excluding carboxylic acids is 1. The van der Waals surface area contributed by atoms with Crippen molar-refractivity contribution in [2.75, 3.05) is 7.11 Å². The Hall–Kier alpha value is -2.04. The standard InChI is InChI=1S/C12H14N2O3/c1-7(13-8(2)15)12-10-5-4-9(16-3)6-11(10)17-14-12/h4-7H,1-3H3,(H,13,15). The molecule has 0 radical (unpaired) electrons. The summed E-state index contributed by atoms with van der Waals surface area (Å²) in [6, 6.07) is 5.30. The first-order valence-corrected chi connectivity index (χ1v) is 5.32. The fraction of sp³-hybridized carbons (Fsp3) is 0.333. The molecule has 0 aliphatic rings. The maximum atomic E-state index is 11.0. The molecule has 1 aromatic carbocycles. The van der Waals surface area contributed by atoms with Gasteiger partial charge in [0.1, 0.15) is 11.4 Å². The Morgan fingerprint density at radius 2 is 2.29 bits per heavy atom. The lowest BCUT2D eigenvalue weighted by Crippen LogP contribution is -2.23. The van der Waals surface area contributed by atoms with E-state index in [1.165, 1.54) is 6.92 Å². The fourth-order valence-corrected chi connectivity index (χ4v) is 1.75. The van der Waals surface area contributed by atoms with E-state index in [0.717, 1.165) is 11.1 Å². The molecule has 1 amide bonds. The van der Waals surface area contributed by atoms with Crippen molar-refractivity contribution in [2.45, 2.75) is 19.9 Å². The number of methoxy groups -OCH3 is 1. The van der Waals surface area contributed by atoms with Crippen LogP contribution in [0.4, 0.5) is 0 Å². The van der Waals surface area contributed by atoms with E-state index in [0.29, 0.717) is 11.3 Å². The molecule has 0 bridgehead atoms. The fourth-order valence-electron chi connectivity index (χ4n) is 1.75. The van der Waals surface area contributed by atoms with Crippen molar-refractivity contribution in [3.63, 3.8) is 0 Å². The van der Waals surface area contributed by atoms with Gasteiger partial charge < -0.3 is 14.6 Å². The van der Waals surface area contributed by atoms with Gasteiger partial charge in [-0.05, 0) is 19.1 Å². The largest absolute Gasteiger partial charge is 0.497 e. The van der Waals surface area contributed by atoms with E-state index >= 15 is 0 Å². The van der Waals surface area contributed by atoms with Gasteiger partial charge in [-0.15, -0.1) is 0 Å². The van der Waals surface area contributed by atoms with Crippen LogP contribution in [-0.2, 0) is 4.79 Å². The second-order valence-corrected chi connectivity index (χ2v) is 3.85. The molecule has 5 nitrogen and oxygen atoms in total. The Morgan fingerprint density at radius 3 is 2.94 bits per heavy atom.